The van der Waals surface area contributed by atoms with Crippen LogP contribution in [0.15, 0.2) is 46.9 Å². The molecule has 0 aliphatic carbocycles. The summed E-state index contributed by atoms with van der Waals surface area (Å²) in [6, 6.07) is 16.7. The third kappa shape index (κ3) is 3.72. The highest BCUT2D eigenvalue weighted by atomic mass is 16.3. The van der Waals surface area contributed by atoms with Gasteiger partial charge in [0, 0.05) is 25.7 Å². The topological polar surface area (TPSA) is 52.2 Å². The fourth-order valence-corrected chi connectivity index (χ4v) is 2.76. The van der Waals surface area contributed by atoms with E-state index in [1.165, 1.54) is 5.56 Å². The summed E-state index contributed by atoms with van der Waals surface area (Å²) >= 11 is 0. The number of hydrogen-bond donors (Lipinski definition) is 1. The molecule has 0 saturated carbocycles. The van der Waals surface area contributed by atoms with Gasteiger partial charge in [-0.1, -0.05) is 30.3 Å². The fraction of sp³-hybridized carbons (Fsp3) is 0.353. The van der Waals surface area contributed by atoms with Crippen LogP contribution in [0.1, 0.15) is 23.5 Å². The summed E-state index contributed by atoms with van der Waals surface area (Å²) in [6.07, 6.45) is 1.15. The highest BCUT2D eigenvalue weighted by molar-refractivity contribution is 5.19. The van der Waals surface area contributed by atoms with Gasteiger partial charge in [0.25, 0.3) is 0 Å². The molecule has 0 amide bonds. The van der Waals surface area contributed by atoms with Gasteiger partial charge in [0.15, 0.2) is 0 Å². The van der Waals surface area contributed by atoms with Crippen molar-refractivity contribution in [3.05, 3.63) is 59.5 Å². The summed E-state index contributed by atoms with van der Waals surface area (Å²) in [5.41, 5.74) is 1.36. The maximum absolute atomic E-state index is 8.73. The summed E-state index contributed by atoms with van der Waals surface area (Å²) in [5.74, 6) is 1.21. The molecule has 1 aliphatic rings. The second-order valence-electron chi connectivity index (χ2n) is 5.46. The molecule has 2 aromatic rings. The van der Waals surface area contributed by atoms with Crippen LogP contribution in [0.3, 0.4) is 0 Å². The van der Waals surface area contributed by atoms with Crippen LogP contribution in [-0.2, 0) is 13.1 Å². The Balaban J connectivity index is 1.45. The first-order chi connectivity index (χ1) is 10.3. The van der Waals surface area contributed by atoms with Crippen LogP contribution < -0.4 is 5.32 Å². The van der Waals surface area contributed by atoms with Gasteiger partial charge in [-0.3, -0.25) is 4.90 Å². The number of likely N-dealkylation sites (tertiary alicyclic amines) is 1. The molecule has 1 saturated heterocycles. The van der Waals surface area contributed by atoms with E-state index >= 15 is 0 Å². The van der Waals surface area contributed by atoms with E-state index < -0.39 is 0 Å². The van der Waals surface area contributed by atoms with E-state index in [4.69, 9.17) is 9.68 Å². The first-order valence-electron chi connectivity index (χ1n) is 7.32. The number of benzene rings is 1. The van der Waals surface area contributed by atoms with Crippen LogP contribution in [0.25, 0.3) is 0 Å². The first-order valence-corrected chi connectivity index (χ1v) is 7.32. The van der Waals surface area contributed by atoms with E-state index in [-0.39, 0.29) is 0 Å². The van der Waals surface area contributed by atoms with Crippen LogP contribution >= 0.6 is 0 Å². The molecule has 1 N–H and O–H groups in total. The maximum atomic E-state index is 8.73. The number of furan rings is 1. The van der Waals surface area contributed by atoms with E-state index in [9.17, 15) is 0 Å². The summed E-state index contributed by atoms with van der Waals surface area (Å²) in [7, 11) is 0. The van der Waals surface area contributed by atoms with Crippen molar-refractivity contribution in [2.45, 2.75) is 25.6 Å². The Morgan fingerprint density at radius 3 is 2.86 bits per heavy atom. The third-order valence-electron chi connectivity index (χ3n) is 3.86. The fourth-order valence-electron chi connectivity index (χ4n) is 2.76. The monoisotopic (exact) mass is 281 g/mol. The predicted octanol–water partition coefficient (Wildman–Crippen LogP) is 2.52. The van der Waals surface area contributed by atoms with Crippen molar-refractivity contribution in [2.24, 2.45) is 0 Å². The molecular formula is C17H19N3O. The molecule has 4 nitrogen and oxygen atoms in total. The summed E-state index contributed by atoms with van der Waals surface area (Å²) in [6.45, 7) is 3.87. The average Bonchev–Trinajstić information content (AvgIpc) is 3.15. The van der Waals surface area contributed by atoms with Crippen molar-refractivity contribution in [3.63, 3.8) is 0 Å². The maximum Gasteiger partial charge on any atom is 0.203 e. The number of nitrogens with one attached hydrogen (secondary N) is 1. The number of nitriles is 1. The number of nitrogens with zero attached hydrogens (tertiary/aromatic N) is 2. The molecule has 0 radical (unpaired) electrons. The number of rotatable bonds is 5. The molecule has 4 heteroatoms. The molecular weight excluding hydrogens is 262 g/mol. The Morgan fingerprint density at radius 2 is 2.10 bits per heavy atom. The molecule has 21 heavy (non-hydrogen) atoms. The Labute approximate surface area is 125 Å². The van der Waals surface area contributed by atoms with E-state index in [2.05, 4.69) is 40.5 Å². The molecule has 0 bridgehead atoms. The van der Waals surface area contributed by atoms with Gasteiger partial charge in [-0.15, -0.1) is 0 Å². The van der Waals surface area contributed by atoms with Gasteiger partial charge in [0.05, 0.1) is 6.54 Å². The van der Waals surface area contributed by atoms with E-state index in [1.54, 1.807) is 6.07 Å². The molecule has 0 spiro atoms. The lowest BCUT2D eigenvalue weighted by atomic mass is 10.2. The van der Waals surface area contributed by atoms with Crippen molar-refractivity contribution in [1.82, 2.24) is 10.2 Å². The molecule has 108 valence electrons. The predicted molar refractivity (Wildman–Crippen MR) is 80.4 cm³/mol. The third-order valence-corrected chi connectivity index (χ3v) is 3.86. The number of hydrogen-bond acceptors (Lipinski definition) is 4. The molecule has 3 rings (SSSR count). The lowest BCUT2D eigenvalue weighted by molar-refractivity contribution is 0.318. The summed E-state index contributed by atoms with van der Waals surface area (Å²) in [5, 5.41) is 12.2. The van der Waals surface area contributed by atoms with E-state index in [0.29, 0.717) is 18.3 Å². The van der Waals surface area contributed by atoms with Gasteiger partial charge in [0.2, 0.25) is 5.76 Å². The Hall–Kier alpha value is -2.09. The SMILES string of the molecule is N#Cc1ccc(CNC2CCN(Cc3ccccc3)C2)o1. The minimum atomic E-state index is 0.379. The van der Waals surface area contributed by atoms with Crippen LogP contribution in [0.5, 0.6) is 0 Å². The van der Waals surface area contributed by atoms with Crippen molar-refractivity contribution in [2.75, 3.05) is 13.1 Å². The molecule has 1 unspecified atom stereocenters. The second-order valence-corrected chi connectivity index (χ2v) is 5.46. The molecule has 1 aromatic heterocycles. The minimum absolute atomic E-state index is 0.379. The quantitative estimate of drug-likeness (QED) is 0.915. The highest BCUT2D eigenvalue weighted by Crippen LogP contribution is 2.14. The zero-order valence-electron chi connectivity index (χ0n) is 12.0. The van der Waals surface area contributed by atoms with Crippen molar-refractivity contribution in [3.8, 4) is 6.07 Å². The lowest BCUT2D eigenvalue weighted by Crippen LogP contribution is -2.31. The molecule has 2 heterocycles. The van der Waals surface area contributed by atoms with Gasteiger partial charge < -0.3 is 9.73 Å². The Bertz CT molecular complexity index is 614. The first kappa shape index (κ1) is 13.9. The highest BCUT2D eigenvalue weighted by Gasteiger charge is 2.22. The molecule has 1 aliphatic heterocycles. The van der Waals surface area contributed by atoms with Gasteiger partial charge in [-0.2, -0.15) is 5.26 Å². The van der Waals surface area contributed by atoms with Crippen LogP contribution in [0.4, 0.5) is 0 Å². The van der Waals surface area contributed by atoms with Gasteiger partial charge in [-0.25, -0.2) is 0 Å². The Morgan fingerprint density at radius 1 is 1.24 bits per heavy atom. The molecule has 1 aromatic carbocycles. The van der Waals surface area contributed by atoms with Crippen molar-refractivity contribution < 1.29 is 4.42 Å². The van der Waals surface area contributed by atoms with E-state index in [0.717, 1.165) is 31.8 Å². The zero-order chi connectivity index (χ0) is 14.5. The van der Waals surface area contributed by atoms with Gasteiger partial charge in [-0.05, 0) is 24.1 Å². The molecule has 1 atom stereocenters. The summed E-state index contributed by atoms with van der Waals surface area (Å²) in [4.78, 5) is 2.47. The normalized spacial score (nSPS) is 18.7. The van der Waals surface area contributed by atoms with Crippen molar-refractivity contribution >= 4 is 0 Å². The van der Waals surface area contributed by atoms with Gasteiger partial charge >= 0.3 is 0 Å². The molecule has 1 fully saturated rings. The van der Waals surface area contributed by atoms with E-state index in [1.807, 2.05) is 12.1 Å². The van der Waals surface area contributed by atoms with Gasteiger partial charge in [0.1, 0.15) is 11.8 Å². The standard InChI is InChI=1S/C17H19N3O/c18-10-16-6-7-17(21-16)11-19-15-8-9-20(13-15)12-14-4-2-1-3-5-14/h1-7,15,19H,8-9,11-13H2. The summed E-state index contributed by atoms with van der Waals surface area (Å²) < 4.78 is 5.38. The second kappa shape index (κ2) is 6.57. The van der Waals surface area contributed by atoms with Crippen LogP contribution in [0, 0.1) is 11.3 Å². The van der Waals surface area contributed by atoms with Crippen LogP contribution in [0.2, 0.25) is 0 Å². The minimum Gasteiger partial charge on any atom is -0.449 e. The lowest BCUT2D eigenvalue weighted by Gasteiger charge is -2.16. The zero-order valence-corrected chi connectivity index (χ0v) is 12.0. The Kier molecular flexibility index (Phi) is 4.34. The largest absolute Gasteiger partial charge is 0.449 e. The van der Waals surface area contributed by atoms with Crippen LogP contribution in [-0.4, -0.2) is 24.0 Å². The average molecular weight is 281 g/mol. The van der Waals surface area contributed by atoms with Crippen molar-refractivity contribution in [1.29, 1.82) is 5.26 Å². The smallest absolute Gasteiger partial charge is 0.203 e.